The van der Waals surface area contributed by atoms with Crippen molar-refractivity contribution in [2.24, 2.45) is 5.92 Å². The number of phenolic OH excluding ortho intramolecular Hbond substituents is 2. The zero-order chi connectivity index (χ0) is 15.7. The summed E-state index contributed by atoms with van der Waals surface area (Å²) in [5.41, 5.74) is 1.13. The van der Waals surface area contributed by atoms with E-state index in [4.69, 9.17) is 9.47 Å². The van der Waals surface area contributed by atoms with E-state index in [1.807, 2.05) is 0 Å². The average molecular weight is 300 g/mol. The lowest BCUT2D eigenvalue weighted by Gasteiger charge is -2.25. The fraction of sp³-hybridized carbons (Fsp3) is 0.235. The van der Waals surface area contributed by atoms with Crippen molar-refractivity contribution in [3.63, 3.8) is 0 Å². The molecule has 5 heteroatoms. The zero-order valence-electron chi connectivity index (χ0n) is 12.1. The highest BCUT2D eigenvalue weighted by molar-refractivity contribution is 6.04. The van der Waals surface area contributed by atoms with E-state index in [2.05, 4.69) is 0 Å². The molecule has 1 atom stereocenters. The van der Waals surface area contributed by atoms with Crippen LogP contribution < -0.4 is 9.47 Å². The number of fused-ring (bicyclic) bond motifs is 1. The molecule has 2 N–H and O–H groups in total. The number of hydrogen-bond donors (Lipinski definition) is 2. The molecule has 0 fully saturated rings. The van der Waals surface area contributed by atoms with Crippen molar-refractivity contribution in [3.05, 3.63) is 47.5 Å². The van der Waals surface area contributed by atoms with Crippen LogP contribution in [0.25, 0.3) is 0 Å². The van der Waals surface area contributed by atoms with Crippen molar-refractivity contribution < 1.29 is 24.5 Å². The molecule has 1 aliphatic rings. The van der Waals surface area contributed by atoms with Crippen molar-refractivity contribution in [3.8, 4) is 23.0 Å². The minimum Gasteiger partial charge on any atom is -0.508 e. The van der Waals surface area contributed by atoms with Gasteiger partial charge in [0, 0.05) is 12.1 Å². The van der Waals surface area contributed by atoms with E-state index in [1.165, 1.54) is 13.2 Å². The number of ether oxygens (including phenoxy) is 2. The van der Waals surface area contributed by atoms with Gasteiger partial charge in [-0.25, -0.2) is 0 Å². The van der Waals surface area contributed by atoms with E-state index in [-0.39, 0.29) is 35.4 Å². The molecule has 1 heterocycles. The van der Waals surface area contributed by atoms with Crippen LogP contribution in [0.15, 0.2) is 36.4 Å². The van der Waals surface area contributed by atoms with Gasteiger partial charge in [-0.2, -0.15) is 0 Å². The molecule has 0 aliphatic carbocycles. The molecule has 0 aromatic heterocycles. The Hall–Kier alpha value is -2.69. The first-order chi connectivity index (χ1) is 10.6. The number of Topliss-reactive ketones (excluding diaryl/α,β-unsaturated/α-hetero) is 1. The minimum absolute atomic E-state index is 0.130. The lowest BCUT2D eigenvalue weighted by Crippen LogP contribution is -2.29. The van der Waals surface area contributed by atoms with Crippen molar-refractivity contribution >= 4 is 5.78 Å². The monoisotopic (exact) mass is 300 g/mol. The highest BCUT2D eigenvalue weighted by Gasteiger charge is 2.32. The second-order valence-electron chi connectivity index (χ2n) is 5.26. The molecule has 0 saturated carbocycles. The molecule has 0 saturated heterocycles. The van der Waals surface area contributed by atoms with Crippen LogP contribution in [0, 0.1) is 5.92 Å². The smallest absolute Gasteiger partial charge is 0.177 e. The maximum Gasteiger partial charge on any atom is 0.177 e. The molecule has 1 aliphatic heterocycles. The predicted octanol–water partition coefficient (Wildman–Crippen LogP) is 2.54. The van der Waals surface area contributed by atoms with Crippen LogP contribution in [0.2, 0.25) is 0 Å². The number of carbonyl (C=O) groups excluding carboxylic acids is 1. The van der Waals surface area contributed by atoms with Crippen molar-refractivity contribution in [2.75, 3.05) is 13.7 Å². The normalized spacial score (nSPS) is 16.8. The largest absolute Gasteiger partial charge is 0.508 e. The molecule has 114 valence electrons. The van der Waals surface area contributed by atoms with Gasteiger partial charge in [0.2, 0.25) is 0 Å². The molecule has 0 bridgehead atoms. The van der Waals surface area contributed by atoms with E-state index in [0.717, 1.165) is 5.56 Å². The highest BCUT2D eigenvalue weighted by Crippen LogP contribution is 2.38. The Morgan fingerprint density at radius 3 is 2.64 bits per heavy atom. The van der Waals surface area contributed by atoms with Gasteiger partial charge >= 0.3 is 0 Å². The number of ketones is 1. The van der Waals surface area contributed by atoms with Crippen LogP contribution in [0.5, 0.6) is 23.0 Å². The van der Waals surface area contributed by atoms with Gasteiger partial charge in [-0.05, 0) is 24.1 Å². The first-order valence-electron chi connectivity index (χ1n) is 6.94. The summed E-state index contributed by atoms with van der Waals surface area (Å²) in [5, 5.41) is 19.3. The molecule has 3 rings (SSSR count). The molecule has 5 nitrogen and oxygen atoms in total. The fourth-order valence-electron chi connectivity index (χ4n) is 2.59. The Bertz CT molecular complexity index is 706. The summed E-state index contributed by atoms with van der Waals surface area (Å²) in [4.78, 5) is 12.6. The molecule has 0 radical (unpaired) electrons. The fourth-order valence-corrected chi connectivity index (χ4v) is 2.59. The Morgan fingerprint density at radius 2 is 1.95 bits per heavy atom. The highest BCUT2D eigenvalue weighted by atomic mass is 16.5. The summed E-state index contributed by atoms with van der Waals surface area (Å²) in [7, 11) is 1.49. The van der Waals surface area contributed by atoms with E-state index < -0.39 is 0 Å². The number of carbonyl (C=O) groups is 1. The predicted molar refractivity (Wildman–Crippen MR) is 79.8 cm³/mol. The second-order valence-corrected chi connectivity index (χ2v) is 5.26. The maximum atomic E-state index is 12.6. The molecule has 0 amide bonds. The summed E-state index contributed by atoms with van der Waals surface area (Å²) >= 11 is 0. The number of benzene rings is 2. The number of phenols is 2. The van der Waals surface area contributed by atoms with Gasteiger partial charge in [-0.1, -0.05) is 12.1 Å². The van der Waals surface area contributed by atoms with Gasteiger partial charge in [0.05, 0.1) is 19.6 Å². The summed E-state index contributed by atoms with van der Waals surface area (Å²) in [6, 6.07) is 9.71. The van der Waals surface area contributed by atoms with E-state index >= 15 is 0 Å². The lowest BCUT2D eigenvalue weighted by atomic mass is 9.89. The summed E-state index contributed by atoms with van der Waals surface area (Å²) < 4.78 is 10.7. The van der Waals surface area contributed by atoms with Crippen LogP contribution in [-0.4, -0.2) is 29.7 Å². The van der Waals surface area contributed by atoms with Crippen molar-refractivity contribution in [1.29, 1.82) is 0 Å². The summed E-state index contributed by atoms with van der Waals surface area (Å²) in [6.07, 6.45) is 0.490. The molecular weight excluding hydrogens is 284 g/mol. The SMILES string of the molecule is COc1cc(O)c2c(c1)OC[C@H](Cc1ccc(O)cc1)C2=O. The van der Waals surface area contributed by atoms with Crippen LogP contribution in [0.4, 0.5) is 0 Å². The zero-order valence-corrected chi connectivity index (χ0v) is 12.1. The topological polar surface area (TPSA) is 76.0 Å². The van der Waals surface area contributed by atoms with Gasteiger partial charge in [0.1, 0.15) is 28.6 Å². The first kappa shape index (κ1) is 14.3. The van der Waals surface area contributed by atoms with Gasteiger partial charge < -0.3 is 19.7 Å². The maximum absolute atomic E-state index is 12.6. The van der Waals surface area contributed by atoms with Crippen LogP contribution in [0.1, 0.15) is 15.9 Å². The summed E-state index contributed by atoms with van der Waals surface area (Å²) in [6.45, 7) is 0.249. The number of hydrogen-bond acceptors (Lipinski definition) is 5. The van der Waals surface area contributed by atoms with Crippen LogP contribution in [0.3, 0.4) is 0 Å². The Kier molecular flexibility index (Phi) is 3.63. The van der Waals surface area contributed by atoms with Gasteiger partial charge in [-0.15, -0.1) is 0 Å². The molecule has 2 aromatic carbocycles. The first-order valence-corrected chi connectivity index (χ1v) is 6.94. The Balaban J connectivity index is 1.86. The Morgan fingerprint density at radius 1 is 1.23 bits per heavy atom. The summed E-state index contributed by atoms with van der Waals surface area (Å²) in [5.74, 6) is 0.343. The molecule has 0 unspecified atom stereocenters. The molecule has 0 spiro atoms. The average Bonchev–Trinajstić information content (AvgIpc) is 2.51. The van der Waals surface area contributed by atoms with Gasteiger partial charge in [0.25, 0.3) is 0 Å². The van der Waals surface area contributed by atoms with Crippen molar-refractivity contribution in [1.82, 2.24) is 0 Å². The molecule has 22 heavy (non-hydrogen) atoms. The molecular formula is C17H16O5. The van der Waals surface area contributed by atoms with Crippen molar-refractivity contribution in [2.45, 2.75) is 6.42 Å². The number of aromatic hydroxyl groups is 2. The molecule has 2 aromatic rings. The standard InChI is InChI=1S/C17H16O5/c1-21-13-7-14(19)16-15(8-13)22-9-11(17(16)20)6-10-2-4-12(18)5-3-10/h2-5,7-8,11,18-19H,6,9H2,1H3/t11-/m0/s1. The van der Waals surface area contributed by atoms with E-state index in [9.17, 15) is 15.0 Å². The third kappa shape index (κ3) is 2.57. The third-order valence-corrected chi connectivity index (χ3v) is 3.77. The van der Waals surface area contributed by atoms with E-state index in [0.29, 0.717) is 17.9 Å². The number of rotatable bonds is 3. The van der Waals surface area contributed by atoms with Gasteiger partial charge in [0.15, 0.2) is 5.78 Å². The lowest BCUT2D eigenvalue weighted by molar-refractivity contribution is 0.0826. The Labute approximate surface area is 127 Å². The van der Waals surface area contributed by atoms with Crippen LogP contribution in [-0.2, 0) is 6.42 Å². The minimum atomic E-state index is -0.365. The third-order valence-electron chi connectivity index (χ3n) is 3.77. The second kappa shape index (κ2) is 5.60. The number of methoxy groups -OCH3 is 1. The quantitative estimate of drug-likeness (QED) is 0.911. The van der Waals surface area contributed by atoms with Crippen LogP contribution >= 0.6 is 0 Å². The van der Waals surface area contributed by atoms with Gasteiger partial charge in [-0.3, -0.25) is 4.79 Å². The van der Waals surface area contributed by atoms with E-state index in [1.54, 1.807) is 30.3 Å².